The van der Waals surface area contributed by atoms with E-state index in [9.17, 15) is 0 Å². The van der Waals surface area contributed by atoms with Gasteiger partial charge in [-0.2, -0.15) is 0 Å². The standard InChI is InChI=1S/C12H18ClNS/c1-2-3-7-14-8-9-15-12-6-4-5-11(13)10-12/h4-6,10,14H,2-3,7-9H2,1H3. The second kappa shape index (κ2) is 8.03. The van der Waals surface area contributed by atoms with Crippen molar-refractivity contribution in [1.82, 2.24) is 5.32 Å². The number of rotatable bonds is 7. The molecular weight excluding hydrogens is 226 g/mol. The van der Waals surface area contributed by atoms with Gasteiger partial charge in [0, 0.05) is 22.2 Å². The molecular formula is C12H18ClNS. The highest BCUT2D eigenvalue weighted by atomic mass is 35.5. The molecule has 0 aliphatic carbocycles. The van der Waals surface area contributed by atoms with Crippen LogP contribution in [0.2, 0.25) is 5.02 Å². The van der Waals surface area contributed by atoms with Crippen molar-refractivity contribution in [3.8, 4) is 0 Å². The molecule has 1 rings (SSSR count). The Labute approximate surface area is 102 Å². The molecule has 0 unspecified atom stereocenters. The highest BCUT2D eigenvalue weighted by Gasteiger charge is 1.94. The number of hydrogen-bond acceptors (Lipinski definition) is 2. The molecule has 0 aliphatic rings. The largest absolute Gasteiger partial charge is 0.316 e. The molecule has 0 fully saturated rings. The van der Waals surface area contributed by atoms with Crippen LogP contribution in [0.4, 0.5) is 0 Å². The Morgan fingerprint density at radius 3 is 2.93 bits per heavy atom. The topological polar surface area (TPSA) is 12.0 Å². The van der Waals surface area contributed by atoms with Gasteiger partial charge in [-0.05, 0) is 31.2 Å². The van der Waals surface area contributed by atoms with Crippen LogP contribution in [0.3, 0.4) is 0 Å². The zero-order valence-corrected chi connectivity index (χ0v) is 10.7. The third-order valence-electron chi connectivity index (χ3n) is 2.05. The van der Waals surface area contributed by atoms with Gasteiger partial charge in [0.2, 0.25) is 0 Å². The maximum atomic E-state index is 5.90. The first-order valence-corrected chi connectivity index (χ1v) is 6.78. The molecule has 0 saturated heterocycles. The van der Waals surface area contributed by atoms with Crippen molar-refractivity contribution in [2.45, 2.75) is 24.7 Å². The van der Waals surface area contributed by atoms with E-state index in [2.05, 4.69) is 18.3 Å². The summed E-state index contributed by atoms with van der Waals surface area (Å²) in [5.41, 5.74) is 0. The van der Waals surface area contributed by atoms with E-state index in [0.29, 0.717) is 0 Å². The number of thioether (sulfide) groups is 1. The number of unbranched alkanes of at least 4 members (excludes halogenated alkanes) is 1. The number of nitrogens with one attached hydrogen (secondary N) is 1. The van der Waals surface area contributed by atoms with E-state index in [4.69, 9.17) is 11.6 Å². The first-order chi connectivity index (χ1) is 7.33. The van der Waals surface area contributed by atoms with Gasteiger partial charge >= 0.3 is 0 Å². The summed E-state index contributed by atoms with van der Waals surface area (Å²) in [5, 5.41) is 4.24. The lowest BCUT2D eigenvalue weighted by Crippen LogP contribution is -2.18. The molecule has 3 heteroatoms. The van der Waals surface area contributed by atoms with Gasteiger partial charge in [0.1, 0.15) is 0 Å². The maximum Gasteiger partial charge on any atom is 0.0417 e. The van der Waals surface area contributed by atoms with Gasteiger partial charge in [-0.15, -0.1) is 11.8 Å². The van der Waals surface area contributed by atoms with E-state index in [1.54, 1.807) is 0 Å². The fourth-order valence-corrected chi connectivity index (χ4v) is 2.35. The van der Waals surface area contributed by atoms with E-state index in [1.165, 1.54) is 17.7 Å². The van der Waals surface area contributed by atoms with Crippen molar-refractivity contribution < 1.29 is 0 Å². The van der Waals surface area contributed by atoms with Crippen molar-refractivity contribution >= 4 is 23.4 Å². The van der Waals surface area contributed by atoms with E-state index in [0.717, 1.165) is 23.9 Å². The smallest absolute Gasteiger partial charge is 0.0417 e. The molecule has 1 nitrogen and oxygen atoms in total. The van der Waals surface area contributed by atoms with Crippen LogP contribution in [-0.2, 0) is 0 Å². The minimum absolute atomic E-state index is 0.818. The number of halogens is 1. The molecule has 0 atom stereocenters. The fraction of sp³-hybridized carbons (Fsp3) is 0.500. The van der Waals surface area contributed by atoms with Crippen molar-refractivity contribution in [2.24, 2.45) is 0 Å². The SMILES string of the molecule is CCCCNCCSc1cccc(Cl)c1. The minimum Gasteiger partial charge on any atom is -0.316 e. The van der Waals surface area contributed by atoms with Crippen LogP contribution in [0.5, 0.6) is 0 Å². The summed E-state index contributed by atoms with van der Waals surface area (Å²) in [6.07, 6.45) is 2.52. The first kappa shape index (κ1) is 12.9. The predicted octanol–water partition coefficient (Wildman–Crippen LogP) is 3.82. The molecule has 0 saturated carbocycles. The Morgan fingerprint density at radius 2 is 2.20 bits per heavy atom. The van der Waals surface area contributed by atoms with Gasteiger partial charge in [-0.25, -0.2) is 0 Å². The zero-order chi connectivity index (χ0) is 10.9. The maximum absolute atomic E-state index is 5.90. The third-order valence-corrected chi connectivity index (χ3v) is 3.28. The summed E-state index contributed by atoms with van der Waals surface area (Å²) in [7, 11) is 0. The Balaban J connectivity index is 2.10. The number of benzene rings is 1. The Hall–Kier alpha value is -0.180. The van der Waals surface area contributed by atoms with Gasteiger partial charge in [0.25, 0.3) is 0 Å². The van der Waals surface area contributed by atoms with Crippen LogP contribution < -0.4 is 5.32 Å². The summed E-state index contributed by atoms with van der Waals surface area (Å²) < 4.78 is 0. The molecule has 0 radical (unpaired) electrons. The molecule has 0 amide bonds. The minimum atomic E-state index is 0.818. The average molecular weight is 244 g/mol. The summed E-state index contributed by atoms with van der Waals surface area (Å²) in [6, 6.07) is 8.02. The third kappa shape index (κ3) is 6.08. The molecule has 0 spiro atoms. The monoisotopic (exact) mass is 243 g/mol. The van der Waals surface area contributed by atoms with E-state index in [1.807, 2.05) is 30.0 Å². The molecule has 15 heavy (non-hydrogen) atoms. The quantitative estimate of drug-likeness (QED) is 0.577. The highest BCUT2D eigenvalue weighted by molar-refractivity contribution is 7.99. The van der Waals surface area contributed by atoms with Gasteiger partial charge in [-0.3, -0.25) is 0 Å². The van der Waals surface area contributed by atoms with Crippen LogP contribution in [-0.4, -0.2) is 18.8 Å². The average Bonchev–Trinajstić information content (AvgIpc) is 2.23. The lowest BCUT2D eigenvalue weighted by atomic mass is 10.3. The van der Waals surface area contributed by atoms with Gasteiger partial charge in [-0.1, -0.05) is 31.0 Å². The van der Waals surface area contributed by atoms with Crippen LogP contribution in [0.25, 0.3) is 0 Å². The molecule has 0 aliphatic heterocycles. The molecule has 1 aromatic rings. The highest BCUT2D eigenvalue weighted by Crippen LogP contribution is 2.20. The second-order valence-electron chi connectivity index (χ2n) is 3.41. The Morgan fingerprint density at radius 1 is 1.33 bits per heavy atom. The van der Waals surface area contributed by atoms with Gasteiger partial charge < -0.3 is 5.32 Å². The summed E-state index contributed by atoms with van der Waals surface area (Å²) >= 11 is 7.74. The number of hydrogen-bond donors (Lipinski definition) is 1. The zero-order valence-electron chi connectivity index (χ0n) is 9.13. The molecule has 0 bridgehead atoms. The van der Waals surface area contributed by atoms with Crippen molar-refractivity contribution in [1.29, 1.82) is 0 Å². The molecule has 84 valence electrons. The Bertz CT molecular complexity index is 278. The van der Waals surface area contributed by atoms with E-state index >= 15 is 0 Å². The fourth-order valence-electron chi connectivity index (χ4n) is 1.22. The lowest BCUT2D eigenvalue weighted by Gasteiger charge is -2.04. The normalized spacial score (nSPS) is 10.5. The van der Waals surface area contributed by atoms with Crippen LogP contribution in [0.1, 0.15) is 19.8 Å². The molecule has 1 N–H and O–H groups in total. The summed E-state index contributed by atoms with van der Waals surface area (Å²) in [6.45, 7) is 4.41. The van der Waals surface area contributed by atoms with Gasteiger partial charge in [0.15, 0.2) is 0 Å². The van der Waals surface area contributed by atoms with E-state index in [-0.39, 0.29) is 0 Å². The molecule has 0 heterocycles. The first-order valence-electron chi connectivity index (χ1n) is 5.42. The molecule has 0 aromatic heterocycles. The second-order valence-corrected chi connectivity index (χ2v) is 5.01. The predicted molar refractivity (Wildman–Crippen MR) is 70.0 cm³/mol. The van der Waals surface area contributed by atoms with Crippen molar-refractivity contribution in [3.63, 3.8) is 0 Å². The van der Waals surface area contributed by atoms with Crippen molar-refractivity contribution in [2.75, 3.05) is 18.8 Å². The van der Waals surface area contributed by atoms with Crippen LogP contribution >= 0.6 is 23.4 Å². The van der Waals surface area contributed by atoms with Crippen molar-refractivity contribution in [3.05, 3.63) is 29.3 Å². The Kier molecular flexibility index (Phi) is 6.90. The summed E-state index contributed by atoms with van der Waals surface area (Å²) in [4.78, 5) is 1.25. The van der Waals surface area contributed by atoms with Crippen LogP contribution in [0.15, 0.2) is 29.2 Å². The molecule has 1 aromatic carbocycles. The van der Waals surface area contributed by atoms with Gasteiger partial charge in [0.05, 0.1) is 0 Å². The van der Waals surface area contributed by atoms with Crippen LogP contribution in [0, 0.1) is 0 Å². The van der Waals surface area contributed by atoms with E-state index < -0.39 is 0 Å². The summed E-state index contributed by atoms with van der Waals surface area (Å²) in [5.74, 6) is 1.10. The lowest BCUT2D eigenvalue weighted by molar-refractivity contribution is 0.666.